The zero-order valence-corrected chi connectivity index (χ0v) is 14.4. The van der Waals surface area contributed by atoms with Crippen LogP contribution in [0, 0.1) is 11.6 Å². The van der Waals surface area contributed by atoms with Gasteiger partial charge in [-0.25, -0.2) is 13.8 Å². The first-order chi connectivity index (χ1) is 12.9. The van der Waals surface area contributed by atoms with Gasteiger partial charge in [-0.05, 0) is 30.3 Å². The molecule has 1 fully saturated rings. The molecule has 2 aromatic carbocycles. The van der Waals surface area contributed by atoms with Crippen LogP contribution in [0.3, 0.4) is 0 Å². The smallest absolute Gasteiger partial charge is 0.300 e. The molecule has 0 unspecified atom stereocenters. The zero-order chi connectivity index (χ0) is 19.6. The van der Waals surface area contributed by atoms with Crippen LogP contribution in [0.15, 0.2) is 59.2 Å². The highest BCUT2D eigenvalue weighted by molar-refractivity contribution is 6.17. The quantitative estimate of drug-likeness (QED) is 0.716. The van der Waals surface area contributed by atoms with E-state index >= 15 is 0 Å². The van der Waals surface area contributed by atoms with Crippen LogP contribution in [0.2, 0.25) is 0 Å². The Kier molecular flexibility index (Phi) is 5.07. The van der Waals surface area contributed by atoms with E-state index in [1.165, 1.54) is 18.2 Å². The molecule has 0 atom stereocenters. The molecule has 2 heterocycles. The maximum atomic E-state index is 14.2. The van der Waals surface area contributed by atoms with Gasteiger partial charge < -0.3 is 20.4 Å². The van der Waals surface area contributed by atoms with Gasteiger partial charge in [0, 0.05) is 31.1 Å². The Bertz CT molecular complexity index is 953. The van der Waals surface area contributed by atoms with Crippen LogP contribution in [-0.2, 0) is 4.79 Å². The molecule has 0 spiro atoms. The Labute approximate surface area is 154 Å². The molecule has 27 heavy (non-hydrogen) atoms. The van der Waals surface area contributed by atoms with Crippen molar-refractivity contribution < 1.29 is 23.8 Å². The fraction of sp³-hybridized carbons (Fsp3) is 0.158. The van der Waals surface area contributed by atoms with Crippen molar-refractivity contribution in [2.24, 2.45) is 4.99 Å². The number of fused-ring (bicyclic) bond motifs is 3. The van der Waals surface area contributed by atoms with Crippen molar-refractivity contribution >= 4 is 17.4 Å². The van der Waals surface area contributed by atoms with Crippen LogP contribution in [0.25, 0.3) is 0 Å². The van der Waals surface area contributed by atoms with Crippen molar-refractivity contribution in [2.45, 2.75) is 6.92 Å². The summed E-state index contributed by atoms with van der Waals surface area (Å²) in [4.78, 5) is 15.0. The summed E-state index contributed by atoms with van der Waals surface area (Å²) < 4.78 is 28.0. The zero-order valence-electron chi connectivity index (χ0n) is 14.4. The Balaban J connectivity index is 0.000000481. The predicted molar refractivity (Wildman–Crippen MR) is 96.8 cm³/mol. The molecule has 0 aliphatic carbocycles. The number of hydrogen-bond acceptors (Lipinski definition) is 5. The van der Waals surface area contributed by atoms with E-state index in [1.54, 1.807) is 24.3 Å². The van der Waals surface area contributed by atoms with Crippen molar-refractivity contribution in [3.63, 3.8) is 0 Å². The molecule has 4 rings (SSSR count). The summed E-state index contributed by atoms with van der Waals surface area (Å²) in [6.07, 6.45) is 0. The summed E-state index contributed by atoms with van der Waals surface area (Å²) >= 11 is 0. The van der Waals surface area contributed by atoms with Crippen LogP contribution < -0.4 is 10.2 Å². The third-order valence-corrected chi connectivity index (χ3v) is 3.96. The van der Waals surface area contributed by atoms with Crippen molar-refractivity contribution in [3.8, 4) is 0 Å². The summed E-state index contributed by atoms with van der Waals surface area (Å²) in [6, 6.07) is 10.4. The lowest BCUT2D eigenvalue weighted by atomic mass is 9.99. The number of aliphatic imine (C=N–C) groups is 1. The van der Waals surface area contributed by atoms with Crippen molar-refractivity contribution in [3.05, 3.63) is 76.9 Å². The van der Waals surface area contributed by atoms with E-state index in [4.69, 9.17) is 9.90 Å². The number of rotatable bonds is 1. The highest BCUT2D eigenvalue weighted by atomic mass is 19.1. The van der Waals surface area contributed by atoms with E-state index in [0.717, 1.165) is 6.92 Å². The molecule has 0 radical (unpaired) electrons. The minimum atomic E-state index is -0.833. The van der Waals surface area contributed by atoms with Gasteiger partial charge in [0.15, 0.2) is 5.82 Å². The minimum absolute atomic E-state index is 0.207. The van der Waals surface area contributed by atoms with Gasteiger partial charge in [0.2, 0.25) is 0 Å². The number of benzene rings is 2. The molecule has 2 aromatic rings. The summed E-state index contributed by atoms with van der Waals surface area (Å²) in [6.45, 7) is 2.33. The SMILES string of the molecule is CC(=O)O.OC1=C2NCCN2c2ccc(F)cc2C(c2ccccc2F)=N1. The van der Waals surface area contributed by atoms with Gasteiger partial charge in [-0.2, -0.15) is 0 Å². The number of anilines is 1. The van der Waals surface area contributed by atoms with Crippen molar-refractivity contribution in [1.29, 1.82) is 0 Å². The number of nitrogens with one attached hydrogen (secondary N) is 1. The number of carboxylic acids is 1. The van der Waals surface area contributed by atoms with Gasteiger partial charge in [0.1, 0.15) is 11.6 Å². The maximum absolute atomic E-state index is 14.2. The monoisotopic (exact) mass is 373 g/mol. The lowest BCUT2D eigenvalue weighted by Crippen LogP contribution is -2.21. The summed E-state index contributed by atoms with van der Waals surface area (Å²) in [5.74, 6) is -1.54. The number of nitrogens with zero attached hydrogens (tertiary/aromatic N) is 2. The maximum Gasteiger partial charge on any atom is 0.300 e. The van der Waals surface area contributed by atoms with Crippen molar-refractivity contribution in [1.82, 2.24) is 5.32 Å². The predicted octanol–water partition coefficient (Wildman–Crippen LogP) is 3.00. The number of halogens is 2. The first kappa shape index (κ1) is 18.4. The van der Waals surface area contributed by atoms with E-state index in [-0.39, 0.29) is 17.2 Å². The van der Waals surface area contributed by atoms with Crippen LogP contribution in [-0.4, -0.2) is 35.0 Å². The molecule has 0 aromatic heterocycles. The number of carbonyl (C=O) groups is 1. The summed E-state index contributed by atoms with van der Waals surface area (Å²) in [5.41, 5.74) is 1.55. The van der Waals surface area contributed by atoms with Crippen LogP contribution in [0.1, 0.15) is 18.1 Å². The van der Waals surface area contributed by atoms with E-state index in [9.17, 15) is 13.9 Å². The number of aliphatic hydroxyl groups is 1. The molecular weight excluding hydrogens is 356 g/mol. The van der Waals surface area contributed by atoms with E-state index < -0.39 is 17.6 Å². The van der Waals surface area contributed by atoms with Crippen LogP contribution in [0.4, 0.5) is 14.5 Å². The number of hydrogen-bond donors (Lipinski definition) is 3. The molecule has 140 valence electrons. The highest BCUT2D eigenvalue weighted by Gasteiger charge is 2.30. The molecule has 1 saturated heterocycles. The Morgan fingerprint density at radius 1 is 1.19 bits per heavy atom. The number of aliphatic carboxylic acids is 1. The standard InChI is InChI=1S/C17H13F2N3O.C2H4O2/c18-10-5-6-14-12(9-10)15(11-3-1-2-4-13(11)19)21-17(23)16-20-7-8-22(14)16;1-2(3)4/h1-6,9,20,23H,7-8H2;1H3,(H,3,4). The topological polar surface area (TPSA) is 85.2 Å². The van der Waals surface area contributed by atoms with Gasteiger partial charge in [-0.15, -0.1) is 0 Å². The van der Waals surface area contributed by atoms with Gasteiger partial charge in [0.25, 0.3) is 11.9 Å². The Morgan fingerprint density at radius 3 is 2.59 bits per heavy atom. The summed E-state index contributed by atoms with van der Waals surface area (Å²) in [5, 5.41) is 20.8. The second-order valence-electron chi connectivity index (χ2n) is 5.87. The van der Waals surface area contributed by atoms with Gasteiger partial charge in [-0.3, -0.25) is 4.79 Å². The van der Waals surface area contributed by atoms with Crippen LogP contribution in [0.5, 0.6) is 0 Å². The molecule has 0 bridgehead atoms. The lowest BCUT2D eigenvalue weighted by Gasteiger charge is -2.20. The first-order valence-electron chi connectivity index (χ1n) is 8.16. The fourth-order valence-electron chi connectivity index (χ4n) is 2.94. The van der Waals surface area contributed by atoms with E-state index in [0.29, 0.717) is 30.2 Å². The van der Waals surface area contributed by atoms with Crippen LogP contribution >= 0.6 is 0 Å². The summed E-state index contributed by atoms with van der Waals surface area (Å²) in [7, 11) is 0. The molecule has 0 amide bonds. The van der Waals surface area contributed by atoms with Gasteiger partial charge >= 0.3 is 0 Å². The molecule has 3 N–H and O–H groups in total. The van der Waals surface area contributed by atoms with Crippen molar-refractivity contribution in [2.75, 3.05) is 18.0 Å². The van der Waals surface area contributed by atoms with E-state index in [2.05, 4.69) is 10.3 Å². The molecule has 2 aliphatic rings. The first-order valence-corrected chi connectivity index (χ1v) is 8.16. The largest absolute Gasteiger partial charge is 0.491 e. The Morgan fingerprint density at radius 2 is 1.89 bits per heavy atom. The molecular formula is C19H17F2N3O3. The fourth-order valence-corrected chi connectivity index (χ4v) is 2.94. The Hall–Kier alpha value is -3.42. The third-order valence-electron chi connectivity index (χ3n) is 3.96. The molecule has 2 aliphatic heterocycles. The second-order valence-corrected chi connectivity index (χ2v) is 5.87. The number of carboxylic acid groups (broad SMARTS) is 1. The van der Waals surface area contributed by atoms with Gasteiger partial charge in [-0.1, -0.05) is 12.1 Å². The highest BCUT2D eigenvalue weighted by Crippen LogP contribution is 2.33. The minimum Gasteiger partial charge on any atom is -0.491 e. The molecule has 0 saturated carbocycles. The average Bonchev–Trinajstić information content (AvgIpc) is 3.06. The lowest BCUT2D eigenvalue weighted by molar-refractivity contribution is -0.134. The van der Waals surface area contributed by atoms with E-state index in [1.807, 2.05) is 4.90 Å². The van der Waals surface area contributed by atoms with Gasteiger partial charge in [0.05, 0.1) is 11.4 Å². The normalized spacial score (nSPS) is 14.9. The number of aliphatic hydroxyl groups excluding tert-OH is 1. The second kappa shape index (κ2) is 7.45. The average molecular weight is 373 g/mol. The molecule has 8 heteroatoms. The third kappa shape index (κ3) is 3.74. The molecule has 6 nitrogen and oxygen atoms in total.